The summed E-state index contributed by atoms with van der Waals surface area (Å²) >= 11 is -2.92. The molecule has 0 fully saturated rings. The monoisotopic (exact) mass is 430 g/mol. The van der Waals surface area contributed by atoms with Gasteiger partial charge in [-0.05, 0) is 0 Å². The fourth-order valence-corrected chi connectivity index (χ4v) is 4.44. The van der Waals surface area contributed by atoms with Crippen molar-refractivity contribution in [3.8, 4) is 0 Å². The first kappa shape index (κ1) is 19.4. The minimum absolute atomic E-state index is 0.0142. The molecule has 0 atom stereocenters. The number of hydrogen-bond donors (Lipinski definition) is 0. The first-order valence-corrected chi connectivity index (χ1v) is 9.93. The Morgan fingerprint density at radius 2 is 1.30 bits per heavy atom. The summed E-state index contributed by atoms with van der Waals surface area (Å²) in [7, 11) is 0. The van der Waals surface area contributed by atoms with Crippen LogP contribution >= 0.6 is 20.6 Å². The first-order valence-electron chi connectivity index (χ1n) is 7.09. The summed E-state index contributed by atoms with van der Waals surface area (Å²) < 4.78 is 11.5. The Kier molecular flexibility index (Phi) is 6.56. The topological polar surface area (TPSA) is 52.6 Å². The molecule has 0 saturated carbocycles. The number of rotatable bonds is 5. The van der Waals surface area contributed by atoms with Crippen LogP contribution in [0.5, 0.6) is 0 Å². The number of hydrogen-bond acceptors (Lipinski definition) is 4. The third kappa shape index (κ3) is 5.82. The van der Waals surface area contributed by atoms with Gasteiger partial charge in [0.05, 0.1) is 0 Å². The summed E-state index contributed by atoms with van der Waals surface area (Å²) in [4.78, 5) is 23.6. The summed E-state index contributed by atoms with van der Waals surface area (Å²) in [5, 5.41) is 0. The van der Waals surface area contributed by atoms with Gasteiger partial charge < -0.3 is 0 Å². The second-order valence-corrected chi connectivity index (χ2v) is 9.63. The summed E-state index contributed by atoms with van der Waals surface area (Å²) in [5.41, 5.74) is 1.70. The second kappa shape index (κ2) is 7.77. The van der Waals surface area contributed by atoms with Gasteiger partial charge >= 0.3 is 146 Å². The Balaban J connectivity index is 3.07. The molecule has 1 aromatic rings. The molecule has 5 heteroatoms. The van der Waals surface area contributed by atoms with E-state index in [0.717, 1.165) is 9.13 Å². The van der Waals surface area contributed by atoms with Crippen molar-refractivity contribution in [2.75, 3.05) is 0 Å². The third-order valence-corrected chi connectivity index (χ3v) is 6.20. The number of carbonyl (C=O) groups excluding carboxylic acids is 2. The molecule has 0 aliphatic heterocycles. The standard InChI is InChI=1S/C18H23IO4/c1-12(2)16(20)22-19(23-17(21)13(3)4)15-10-8-14(9-11-15)18(5,6)7/h8-11H,1,3H2,2,4-7H3. The maximum atomic E-state index is 11.8. The zero-order chi connectivity index (χ0) is 17.8. The van der Waals surface area contributed by atoms with Crippen LogP contribution in [0.1, 0.15) is 40.2 Å². The van der Waals surface area contributed by atoms with Crippen molar-refractivity contribution >= 4 is 32.6 Å². The van der Waals surface area contributed by atoms with E-state index in [1.54, 1.807) is 13.8 Å². The van der Waals surface area contributed by atoms with Crippen LogP contribution in [0.3, 0.4) is 0 Å². The fourth-order valence-electron chi connectivity index (χ4n) is 1.42. The average Bonchev–Trinajstić information content (AvgIpc) is 2.45. The molecule has 1 aromatic carbocycles. The van der Waals surface area contributed by atoms with Crippen molar-refractivity contribution in [1.82, 2.24) is 0 Å². The van der Waals surface area contributed by atoms with Crippen LogP contribution < -0.4 is 0 Å². The van der Waals surface area contributed by atoms with E-state index in [1.165, 1.54) is 0 Å². The predicted octanol–water partition coefficient (Wildman–Crippen LogP) is 4.73. The Hall–Kier alpha value is -1.63. The van der Waals surface area contributed by atoms with Gasteiger partial charge in [-0.25, -0.2) is 0 Å². The van der Waals surface area contributed by atoms with E-state index in [1.807, 2.05) is 24.3 Å². The van der Waals surface area contributed by atoms with Gasteiger partial charge in [-0.15, -0.1) is 0 Å². The van der Waals surface area contributed by atoms with E-state index < -0.39 is 32.6 Å². The molecule has 23 heavy (non-hydrogen) atoms. The zero-order valence-electron chi connectivity index (χ0n) is 14.2. The van der Waals surface area contributed by atoms with Crippen LogP contribution in [-0.2, 0) is 21.1 Å². The molecule has 0 N–H and O–H groups in total. The zero-order valence-corrected chi connectivity index (χ0v) is 16.4. The molecule has 0 aromatic heterocycles. The molecule has 0 heterocycles. The first-order chi connectivity index (χ1) is 10.5. The van der Waals surface area contributed by atoms with Crippen LogP contribution in [0, 0.1) is 3.57 Å². The fraction of sp³-hybridized carbons (Fsp3) is 0.333. The molecule has 0 aliphatic carbocycles. The molecule has 0 spiro atoms. The number of benzene rings is 1. The van der Waals surface area contributed by atoms with Crippen molar-refractivity contribution in [1.29, 1.82) is 0 Å². The molecular weight excluding hydrogens is 407 g/mol. The molecule has 1 rings (SSSR count). The van der Waals surface area contributed by atoms with Gasteiger partial charge in [-0.3, -0.25) is 0 Å². The van der Waals surface area contributed by atoms with Crippen molar-refractivity contribution in [2.45, 2.75) is 40.0 Å². The van der Waals surface area contributed by atoms with Crippen molar-refractivity contribution < 1.29 is 15.7 Å². The maximum absolute atomic E-state index is 11.8. The van der Waals surface area contributed by atoms with E-state index in [-0.39, 0.29) is 16.6 Å². The van der Waals surface area contributed by atoms with Crippen molar-refractivity contribution in [3.63, 3.8) is 0 Å². The Bertz CT molecular complexity index is 595. The molecule has 0 radical (unpaired) electrons. The molecule has 4 nitrogen and oxygen atoms in total. The second-order valence-electron chi connectivity index (χ2n) is 6.26. The Labute approximate surface area is 146 Å². The van der Waals surface area contributed by atoms with E-state index >= 15 is 0 Å². The molecule has 0 aliphatic rings. The van der Waals surface area contributed by atoms with Crippen LogP contribution in [0.2, 0.25) is 0 Å². The molecule has 0 bridgehead atoms. The van der Waals surface area contributed by atoms with Gasteiger partial charge in [0.15, 0.2) is 0 Å². The Morgan fingerprint density at radius 3 is 1.61 bits per heavy atom. The minimum atomic E-state index is -2.92. The molecule has 0 saturated heterocycles. The van der Waals surface area contributed by atoms with Crippen LogP contribution in [-0.4, -0.2) is 11.9 Å². The molecular formula is C18H23IO4. The molecule has 0 unspecified atom stereocenters. The van der Waals surface area contributed by atoms with Gasteiger partial charge in [-0.2, -0.15) is 0 Å². The van der Waals surface area contributed by atoms with Crippen molar-refractivity contribution in [3.05, 3.63) is 57.7 Å². The molecule has 0 amide bonds. The Morgan fingerprint density at radius 1 is 0.913 bits per heavy atom. The van der Waals surface area contributed by atoms with Crippen LogP contribution in [0.25, 0.3) is 0 Å². The number of carbonyl (C=O) groups is 2. The predicted molar refractivity (Wildman–Crippen MR) is 99.7 cm³/mol. The van der Waals surface area contributed by atoms with Gasteiger partial charge in [0.25, 0.3) is 0 Å². The molecule has 126 valence electrons. The van der Waals surface area contributed by atoms with Gasteiger partial charge in [-0.1, -0.05) is 0 Å². The van der Waals surface area contributed by atoms with E-state index in [2.05, 4.69) is 33.9 Å². The van der Waals surface area contributed by atoms with Gasteiger partial charge in [0.1, 0.15) is 0 Å². The van der Waals surface area contributed by atoms with E-state index in [4.69, 9.17) is 6.13 Å². The summed E-state index contributed by atoms with van der Waals surface area (Å²) in [6.07, 6.45) is 0. The summed E-state index contributed by atoms with van der Waals surface area (Å²) in [6.45, 7) is 16.6. The summed E-state index contributed by atoms with van der Waals surface area (Å²) in [6, 6.07) is 7.62. The van der Waals surface area contributed by atoms with E-state index in [0.29, 0.717) is 0 Å². The van der Waals surface area contributed by atoms with Crippen molar-refractivity contribution in [2.24, 2.45) is 0 Å². The average molecular weight is 430 g/mol. The quantitative estimate of drug-likeness (QED) is 0.501. The SMILES string of the molecule is C=C(C)C(=O)OI(OC(=O)C(=C)C)c1ccc(C(C)(C)C)cc1. The van der Waals surface area contributed by atoms with E-state index in [9.17, 15) is 9.59 Å². The summed E-state index contributed by atoms with van der Waals surface area (Å²) in [5.74, 6) is -1.10. The van der Waals surface area contributed by atoms with Gasteiger partial charge in [0.2, 0.25) is 0 Å². The number of halogens is 1. The van der Waals surface area contributed by atoms with Crippen LogP contribution in [0.4, 0.5) is 0 Å². The van der Waals surface area contributed by atoms with Gasteiger partial charge in [0, 0.05) is 0 Å². The van der Waals surface area contributed by atoms with Crippen LogP contribution in [0.15, 0.2) is 48.6 Å². The normalized spacial score (nSPS) is 11.4. The third-order valence-electron chi connectivity index (χ3n) is 2.87.